The van der Waals surface area contributed by atoms with Crippen LogP contribution in [0.5, 0.6) is 0 Å². The van der Waals surface area contributed by atoms with E-state index in [4.69, 9.17) is 17.2 Å². The first-order valence-corrected chi connectivity index (χ1v) is 9.28. The molecule has 0 heterocycles. The number of aliphatic carboxylic acids is 1. The number of carbonyl (C=O) groups excluding carboxylic acids is 5. The van der Waals surface area contributed by atoms with Crippen LogP contribution in [-0.4, -0.2) is 65.3 Å². The van der Waals surface area contributed by atoms with Crippen molar-refractivity contribution in [3.63, 3.8) is 0 Å². The quantitative estimate of drug-likeness (QED) is 0.147. The van der Waals surface area contributed by atoms with Gasteiger partial charge in [0.1, 0.15) is 18.1 Å². The lowest BCUT2D eigenvalue weighted by Gasteiger charge is -2.25. The van der Waals surface area contributed by atoms with Crippen LogP contribution in [0, 0.1) is 5.92 Å². The molecule has 0 fully saturated rings. The molecule has 10 N–H and O–H groups in total. The van der Waals surface area contributed by atoms with E-state index in [0.717, 1.165) is 0 Å². The summed E-state index contributed by atoms with van der Waals surface area (Å²) in [7, 11) is 0. The molecule has 3 unspecified atom stereocenters. The third kappa shape index (κ3) is 10.4. The maximum Gasteiger partial charge on any atom is 0.326 e. The zero-order valence-electron chi connectivity index (χ0n) is 17.0. The normalized spacial score (nSPS) is 13.6. The van der Waals surface area contributed by atoms with Gasteiger partial charge in [0.15, 0.2) is 0 Å². The number of primary amides is 2. The molecule has 0 radical (unpaired) electrons. The lowest BCUT2D eigenvalue weighted by Crippen LogP contribution is -2.57. The van der Waals surface area contributed by atoms with E-state index < -0.39 is 66.1 Å². The summed E-state index contributed by atoms with van der Waals surface area (Å²) in [6, 6.07) is -3.76. The van der Waals surface area contributed by atoms with Crippen molar-refractivity contribution in [2.24, 2.45) is 23.1 Å². The Labute approximate surface area is 173 Å². The average Bonchev–Trinajstić information content (AvgIpc) is 2.64. The van der Waals surface area contributed by atoms with E-state index in [1.165, 1.54) is 0 Å². The summed E-state index contributed by atoms with van der Waals surface area (Å²) in [6.07, 6.45) is -0.847. The number of carboxylic acids is 1. The molecule has 170 valence electrons. The molecule has 3 atom stereocenters. The van der Waals surface area contributed by atoms with Crippen molar-refractivity contribution in [2.75, 3.05) is 6.54 Å². The van der Waals surface area contributed by atoms with E-state index in [-0.39, 0.29) is 25.7 Å². The second-order valence-electron chi connectivity index (χ2n) is 6.96. The molecule has 0 aliphatic heterocycles. The SMILES string of the molecule is CC(C)C(NC(=O)C(CCC(N)=O)NC(=O)C(CCC(N)=O)NC(=O)CN)C(=O)O. The summed E-state index contributed by atoms with van der Waals surface area (Å²) >= 11 is 0. The van der Waals surface area contributed by atoms with Gasteiger partial charge in [-0.3, -0.25) is 24.0 Å². The highest BCUT2D eigenvalue weighted by Gasteiger charge is 2.30. The predicted molar refractivity (Wildman–Crippen MR) is 104 cm³/mol. The van der Waals surface area contributed by atoms with Crippen molar-refractivity contribution in [1.29, 1.82) is 0 Å². The molecule has 13 heteroatoms. The Balaban J connectivity index is 5.45. The lowest BCUT2D eigenvalue weighted by molar-refractivity contribution is -0.143. The van der Waals surface area contributed by atoms with Crippen molar-refractivity contribution in [3.05, 3.63) is 0 Å². The molecular formula is C17H30N6O7. The highest BCUT2D eigenvalue weighted by atomic mass is 16.4. The molecule has 13 nitrogen and oxygen atoms in total. The Morgan fingerprint density at radius 3 is 1.60 bits per heavy atom. The second kappa shape index (κ2) is 13.1. The fraction of sp³-hybridized carbons (Fsp3) is 0.647. The Morgan fingerprint density at radius 1 is 0.800 bits per heavy atom. The molecule has 0 aromatic carbocycles. The maximum atomic E-state index is 12.6. The molecule has 0 rings (SSSR count). The number of carbonyl (C=O) groups is 6. The summed E-state index contributed by atoms with van der Waals surface area (Å²) in [5.41, 5.74) is 15.4. The Hall–Kier alpha value is -3.22. The number of nitrogens with two attached hydrogens (primary N) is 3. The van der Waals surface area contributed by atoms with Crippen molar-refractivity contribution in [2.45, 2.75) is 57.7 Å². The van der Waals surface area contributed by atoms with E-state index in [2.05, 4.69) is 16.0 Å². The number of nitrogens with one attached hydrogen (secondary N) is 3. The summed E-state index contributed by atoms with van der Waals surface area (Å²) in [5.74, 6) is -5.52. The molecule has 5 amide bonds. The summed E-state index contributed by atoms with van der Waals surface area (Å²) in [5, 5.41) is 16.2. The molecule has 0 aliphatic rings. The van der Waals surface area contributed by atoms with E-state index in [0.29, 0.717) is 0 Å². The number of hydrogen-bond acceptors (Lipinski definition) is 7. The van der Waals surface area contributed by atoms with E-state index in [1.54, 1.807) is 13.8 Å². The van der Waals surface area contributed by atoms with Crippen molar-refractivity contribution >= 4 is 35.5 Å². The van der Waals surface area contributed by atoms with E-state index in [1.807, 2.05) is 0 Å². The van der Waals surface area contributed by atoms with Crippen LogP contribution in [0.25, 0.3) is 0 Å². The van der Waals surface area contributed by atoms with Gasteiger partial charge in [-0.2, -0.15) is 0 Å². The molecule has 30 heavy (non-hydrogen) atoms. The standard InChI is InChI=1S/C17H30N6O7/c1-8(2)14(17(29)30)23-16(28)10(4-6-12(20)25)22-15(27)9(3-5-11(19)24)21-13(26)7-18/h8-10,14H,3-7,18H2,1-2H3,(H2,19,24)(H2,20,25)(H,21,26)(H,22,27)(H,23,28)(H,29,30). The van der Waals surface area contributed by atoms with Crippen LogP contribution in [0.1, 0.15) is 39.5 Å². The molecular weight excluding hydrogens is 400 g/mol. The third-order valence-electron chi connectivity index (χ3n) is 4.06. The average molecular weight is 430 g/mol. The minimum atomic E-state index is -1.31. The monoisotopic (exact) mass is 430 g/mol. The molecule has 0 spiro atoms. The summed E-state index contributed by atoms with van der Waals surface area (Å²) < 4.78 is 0. The van der Waals surface area contributed by atoms with Crippen molar-refractivity contribution < 1.29 is 33.9 Å². The minimum absolute atomic E-state index is 0.152. The molecule has 0 bridgehead atoms. The minimum Gasteiger partial charge on any atom is -0.480 e. The highest BCUT2D eigenvalue weighted by molar-refractivity contribution is 5.94. The molecule has 0 aromatic rings. The van der Waals surface area contributed by atoms with Gasteiger partial charge >= 0.3 is 5.97 Å². The maximum absolute atomic E-state index is 12.6. The predicted octanol–water partition coefficient (Wildman–Crippen LogP) is -3.33. The smallest absolute Gasteiger partial charge is 0.326 e. The largest absolute Gasteiger partial charge is 0.480 e. The first-order valence-electron chi connectivity index (χ1n) is 9.28. The van der Waals surface area contributed by atoms with Crippen LogP contribution in [0.15, 0.2) is 0 Å². The number of rotatable bonds is 14. The first-order chi connectivity index (χ1) is 13.9. The van der Waals surface area contributed by atoms with Gasteiger partial charge < -0.3 is 38.3 Å². The summed E-state index contributed by atoms with van der Waals surface area (Å²) in [6.45, 7) is 2.75. The van der Waals surface area contributed by atoms with Crippen LogP contribution in [0.4, 0.5) is 0 Å². The number of hydrogen-bond donors (Lipinski definition) is 7. The lowest BCUT2D eigenvalue weighted by atomic mass is 10.0. The second-order valence-corrected chi connectivity index (χ2v) is 6.96. The number of amides is 5. The molecule has 0 aliphatic carbocycles. The molecule has 0 saturated carbocycles. The van der Waals surface area contributed by atoms with Gasteiger partial charge in [0.2, 0.25) is 29.5 Å². The Morgan fingerprint density at radius 2 is 1.23 bits per heavy atom. The van der Waals surface area contributed by atoms with Gasteiger partial charge in [-0.1, -0.05) is 13.8 Å². The van der Waals surface area contributed by atoms with Crippen LogP contribution < -0.4 is 33.2 Å². The fourth-order valence-corrected chi connectivity index (χ4v) is 2.40. The Kier molecular flexibility index (Phi) is 11.7. The fourth-order valence-electron chi connectivity index (χ4n) is 2.40. The van der Waals surface area contributed by atoms with Gasteiger partial charge in [-0.15, -0.1) is 0 Å². The zero-order valence-corrected chi connectivity index (χ0v) is 17.0. The van der Waals surface area contributed by atoms with E-state index in [9.17, 15) is 33.9 Å². The van der Waals surface area contributed by atoms with Gasteiger partial charge in [-0.05, 0) is 18.8 Å². The first kappa shape index (κ1) is 26.8. The third-order valence-corrected chi connectivity index (χ3v) is 4.06. The van der Waals surface area contributed by atoms with Crippen LogP contribution >= 0.6 is 0 Å². The zero-order chi connectivity index (χ0) is 23.4. The summed E-state index contributed by atoms with van der Waals surface area (Å²) in [4.78, 5) is 70.2. The van der Waals surface area contributed by atoms with Crippen molar-refractivity contribution in [1.82, 2.24) is 16.0 Å². The van der Waals surface area contributed by atoms with Crippen LogP contribution in [-0.2, 0) is 28.8 Å². The van der Waals surface area contributed by atoms with Crippen molar-refractivity contribution in [3.8, 4) is 0 Å². The van der Waals surface area contributed by atoms with Gasteiger partial charge in [-0.25, -0.2) is 4.79 Å². The van der Waals surface area contributed by atoms with Gasteiger partial charge in [0.05, 0.1) is 6.54 Å². The van der Waals surface area contributed by atoms with E-state index >= 15 is 0 Å². The Bertz CT molecular complexity index is 667. The highest BCUT2D eigenvalue weighted by Crippen LogP contribution is 2.06. The van der Waals surface area contributed by atoms with Crippen LogP contribution in [0.3, 0.4) is 0 Å². The van der Waals surface area contributed by atoms with Crippen LogP contribution in [0.2, 0.25) is 0 Å². The van der Waals surface area contributed by atoms with Gasteiger partial charge in [0.25, 0.3) is 0 Å². The number of carboxylic acid groups (broad SMARTS) is 1. The van der Waals surface area contributed by atoms with Gasteiger partial charge in [0, 0.05) is 12.8 Å². The molecule has 0 saturated heterocycles. The molecule has 0 aromatic heterocycles. The topological polar surface area (TPSA) is 237 Å².